The van der Waals surface area contributed by atoms with Gasteiger partial charge in [-0.05, 0) is 30.2 Å². The number of nitrogens with zero attached hydrogens (tertiary/aromatic N) is 1. The van der Waals surface area contributed by atoms with Crippen LogP contribution in [0.4, 0.5) is 0 Å². The van der Waals surface area contributed by atoms with E-state index < -0.39 is 0 Å². The van der Waals surface area contributed by atoms with Gasteiger partial charge in [0.1, 0.15) is 6.04 Å². The van der Waals surface area contributed by atoms with Crippen LogP contribution >= 0.6 is 23.2 Å². The maximum Gasteiger partial charge on any atom is 0.258 e. The molecule has 4 N–H and O–H groups in total. The van der Waals surface area contributed by atoms with Gasteiger partial charge in [0.15, 0.2) is 0 Å². The smallest absolute Gasteiger partial charge is 0.258 e. The number of nitrogens with one attached hydrogen (secondary N) is 4. The summed E-state index contributed by atoms with van der Waals surface area (Å²) in [5.74, 6) is -0.217. The molecule has 1 amide bonds. The summed E-state index contributed by atoms with van der Waals surface area (Å²) in [5, 5.41) is 6.15. The molecule has 138 valence electrons. The summed E-state index contributed by atoms with van der Waals surface area (Å²) in [6, 6.07) is 12.8. The summed E-state index contributed by atoms with van der Waals surface area (Å²) < 4.78 is 0. The SMILES string of the molecule is O=C(N/N=C/c1ccc(Cl)cc1Cl)C1CC(c2c[nH]c3ccccc23)NN1. The molecular weight excluding hydrogens is 385 g/mol. The molecule has 2 unspecified atom stereocenters. The number of para-hydroxylation sites is 1. The monoisotopic (exact) mass is 401 g/mol. The van der Waals surface area contributed by atoms with Crippen molar-refractivity contribution in [2.24, 2.45) is 5.10 Å². The fourth-order valence-electron chi connectivity index (χ4n) is 3.16. The van der Waals surface area contributed by atoms with E-state index in [9.17, 15) is 4.79 Å². The van der Waals surface area contributed by atoms with Crippen molar-refractivity contribution in [3.63, 3.8) is 0 Å². The first-order valence-electron chi connectivity index (χ1n) is 8.47. The molecule has 0 spiro atoms. The predicted octanol–water partition coefficient (Wildman–Crippen LogP) is 3.53. The van der Waals surface area contributed by atoms with Crippen LogP contribution < -0.4 is 16.3 Å². The van der Waals surface area contributed by atoms with Gasteiger partial charge in [0.2, 0.25) is 0 Å². The third-order valence-corrected chi connectivity index (χ3v) is 5.12. The normalized spacial score (nSPS) is 19.8. The number of benzene rings is 2. The van der Waals surface area contributed by atoms with Crippen LogP contribution in [-0.4, -0.2) is 23.1 Å². The zero-order chi connectivity index (χ0) is 18.8. The number of carbonyl (C=O) groups excluding carboxylic acids is 1. The van der Waals surface area contributed by atoms with Crippen LogP contribution in [0.1, 0.15) is 23.6 Å². The molecule has 4 rings (SSSR count). The minimum atomic E-state index is -0.387. The summed E-state index contributed by atoms with van der Waals surface area (Å²) in [6.45, 7) is 0. The van der Waals surface area contributed by atoms with Gasteiger partial charge >= 0.3 is 0 Å². The molecule has 6 nitrogen and oxygen atoms in total. The molecular formula is C19H17Cl2N5O. The van der Waals surface area contributed by atoms with Gasteiger partial charge in [-0.1, -0.05) is 47.5 Å². The topological polar surface area (TPSA) is 81.3 Å². The molecule has 0 bridgehead atoms. The van der Waals surface area contributed by atoms with E-state index in [1.54, 1.807) is 18.2 Å². The van der Waals surface area contributed by atoms with Gasteiger partial charge in [-0.3, -0.25) is 4.79 Å². The van der Waals surface area contributed by atoms with Crippen molar-refractivity contribution in [3.8, 4) is 0 Å². The average molecular weight is 402 g/mol. The molecule has 1 fully saturated rings. The molecule has 2 atom stereocenters. The Kier molecular flexibility index (Phi) is 5.13. The number of aromatic amines is 1. The zero-order valence-corrected chi connectivity index (χ0v) is 15.7. The number of aromatic nitrogens is 1. The molecule has 27 heavy (non-hydrogen) atoms. The van der Waals surface area contributed by atoms with E-state index in [1.807, 2.05) is 24.4 Å². The highest BCUT2D eigenvalue weighted by Gasteiger charge is 2.31. The second-order valence-corrected chi connectivity index (χ2v) is 7.16. The van der Waals surface area contributed by atoms with E-state index in [2.05, 4.69) is 32.4 Å². The van der Waals surface area contributed by atoms with Crippen LogP contribution in [0.3, 0.4) is 0 Å². The number of fused-ring (bicyclic) bond motifs is 1. The Morgan fingerprint density at radius 3 is 2.89 bits per heavy atom. The van der Waals surface area contributed by atoms with Gasteiger partial charge in [-0.25, -0.2) is 16.3 Å². The van der Waals surface area contributed by atoms with E-state index in [0.29, 0.717) is 22.0 Å². The third kappa shape index (κ3) is 3.84. The summed E-state index contributed by atoms with van der Waals surface area (Å²) in [5.41, 5.74) is 11.6. The molecule has 0 aliphatic carbocycles. The van der Waals surface area contributed by atoms with Crippen molar-refractivity contribution in [2.45, 2.75) is 18.5 Å². The van der Waals surface area contributed by atoms with Crippen molar-refractivity contribution in [2.75, 3.05) is 0 Å². The highest BCUT2D eigenvalue weighted by atomic mass is 35.5. The van der Waals surface area contributed by atoms with Crippen molar-refractivity contribution in [1.82, 2.24) is 21.3 Å². The number of hydrogen-bond acceptors (Lipinski definition) is 4. The fourth-order valence-corrected chi connectivity index (χ4v) is 3.62. The van der Waals surface area contributed by atoms with Crippen molar-refractivity contribution in [1.29, 1.82) is 0 Å². The Balaban J connectivity index is 1.38. The zero-order valence-electron chi connectivity index (χ0n) is 14.2. The number of carbonyl (C=O) groups is 1. The standard InChI is InChI=1S/C19H17Cl2N5O/c20-12-6-5-11(15(21)7-12)9-23-26-19(27)18-8-17(24-25-18)14-10-22-16-4-2-1-3-13(14)16/h1-7,9-10,17-18,22,24-25H,8H2,(H,26,27)/b23-9+. The third-order valence-electron chi connectivity index (χ3n) is 4.56. The van der Waals surface area contributed by atoms with E-state index in [-0.39, 0.29) is 18.0 Å². The van der Waals surface area contributed by atoms with Crippen LogP contribution in [0.15, 0.2) is 53.8 Å². The summed E-state index contributed by atoms with van der Waals surface area (Å²) in [4.78, 5) is 15.6. The maximum atomic E-state index is 12.4. The summed E-state index contributed by atoms with van der Waals surface area (Å²) in [6.07, 6.45) is 4.09. The number of rotatable bonds is 4. The number of amides is 1. The van der Waals surface area contributed by atoms with Gasteiger partial charge in [-0.2, -0.15) is 5.10 Å². The second kappa shape index (κ2) is 7.70. The molecule has 0 radical (unpaired) electrons. The largest absolute Gasteiger partial charge is 0.361 e. The minimum Gasteiger partial charge on any atom is -0.361 e. The van der Waals surface area contributed by atoms with Crippen LogP contribution in [0.5, 0.6) is 0 Å². The quantitative estimate of drug-likeness (QED) is 0.398. The highest BCUT2D eigenvalue weighted by molar-refractivity contribution is 6.36. The minimum absolute atomic E-state index is 0.0339. The number of hydrazine groups is 1. The lowest BCUT2D eigenvalue weighted by atomic mass is 10.0. The molecule has 2 heterocycles. The lowest BCUT2D eigenvalue weighted by Gasteiger charge is -2.08. The van der Waals surface area contributed by atoms with Gasteiger partial charge in [0, 0.05) is 27.7 Å². The highest BCUT2D eigenvalue weighted by Crippen LogP contribution is 2.29. The first-order chi connectivity index (χ1) is 13.1. The summed E-state index contributed by atoms with van der Waals surface area (Å²) >= 11 is 11.9. The lowest BCUT2D eigenvalue weighted by molar-refractivity contribution is -0.122. The van der Waals surface area contributed by atoms with E-state index in [0.717, 1.165) is 16.5 Å². The van der Waals surface area contributed by atoms with Gasteiger partial charge in [0.05, 0.1) is 17.3 Å². The molecule has 1 aliphatic heterocycles. The molecule has 1 saturated heterocycles. The molecule has 8 heteroatoms. The fraction of sp³-hybridized carbons (Fsp3) is 0.158. The van der Waals surface area contributed by atoms with E-state index >= 15 is 0 Å². The molecule has 1 aliphatic rings. The van der Waals surface area contributed by atoms with Crippen molar-refractivity contribution >= 4 is 46.2 Å². The Bertz CT molecular complexity index is 1020. The van der Waals surface area contributed by atoms with Gasteiger partial charge < -0.3 is 4.98 Å². The number of halogens is 2. The molecule has 2 aromatic carbocycles. The Morgan fingerprint density at radius 1 is 1.19 bits per heavy atom. The number of hydrogen-bond donors (Lipinski definition) is 4. The van der Waals surface area contributed by atoms with Crippen molar-refractivity contribution < 1.29 is 4.79 Å². The molecule has 1 aromatic heterocycles. The summed E-state index contributed by atoms with van der Waals surface area (Å²) in [7, 11) is 0. The van der Waals surface area contributed by atoms with Gasteiger partial charge in [-0.15, -0.1) is 0 Å². The first kappa shape index (κ1) is 18.0. The average Bonchev–Trinajstić information content (AvgIpc) is 3.30. The van der Waals surface area contributed by atoms with Crippen LogP contribution in [0.2, 0.25) is 10.0 Å². The Morgan fingerprint density at radius 2 is 2.04 bits per heavy atom. The molecule has 0 saturated carbocycles. The van der Waals surface area contributed by atoms with Crippen molar-refractivity contribution in [3.05, 3.63) is 69.8 Å². The molecule has 3 aromatic rings. The van der Waals surface area contributed by atoms with E-state index in [4.69, 9.17) is 23.2 Å². The van der Waals surface area contributed by atoms with E-state index in [1.165, 1.54) is 6.21 Å². The van der Waals surface area contributed by atoms with Gasteiger partial charge in [0.25, 0.3) is 5.91 Å². The van der Waals surface area contributed by atoms with Crippen LogP contribution in [-0.2, 0) is 4.79 Å². The lowest BCUT2D eigenvalue weighted by Crippen LogP contribution is -2.41. The number of H-pyrrole nitrogens is 1. The first-order valence-corrected chi connectivity index (χ1v) is 9.22. The van der Waals surface area contributed by atoms with Crippen LogP contribution in [0, 0.1) is 0 Å². The second-order valence-electron chi connectivity index (χ2n) is 6.32. The predicted molar refractivity (Wildman–Crippen MR) is 108 cm³/mol. The van der Waals surface area contributed by atoms with Crippen LogP contribution in [0.25, 0.3) is 10.9 Å². The maximum absolute atomic E-state index is 12.4. The Hall–Kier alpha value is -2.38. The Labute approximate surface area is 165 Å². The number of hydrazone groups is 1.